The van der Waals surface area contributed by atoms with E-state index < -0.39 is 10.0 Å². The van der Waals surface area contributed by atoms with Crippen LogP contribution in [0.4, 0.5) is 0 Å². The van der Waals surface area contributed by atoms with Gasteiger partial charge in [-0.15, -0.1) is 0 Å². The van der Waals surface area contributed by atoms with Crippen molar-refractivity contribution in [3.63, 3.8) is 0 Å². The number of sulfonamides is 1. The molecule has 0 aromatic heterocycles. The summed E-state index contributed by atoms with van der Waals surface area (Å²) in [6.45, 7) is 0.306. The Kier molecular flexibility index (Phi) is 3.89. The van der Waals surface area contributed by atoms with Crippen LogP contribution in [0, 0.1) is 0 Å². The number of nitrogens with zero attached hydrogens (tertiary/aromatic N) is 1. The molecule has 1 fully saturated rings. The molecule has 100 valence electrons. The molecule has 0 spiro atoms. The Labute approximate surface area is 107 Å². The van der Waals surface area contributed by atoms with Gasteiger partial charge in [0, 0.05) is 12.6 Å². The molecule has 1 saturated heterocycles. The molecule has 1 aliphatic heterocycles. The van der Waals surface area contributed by atoms with Gasteiger partial charge in [-0.1, -0.05) is 12.1 Å². The maximum absolute atomic E-state index is 12.5. The van der Waals surface area contributed by atoms with E-state index in [4.69, 9.17) is 4.74 Å². The summed E-state index contributed by atoms with van der Waals surface area (Å²) >= 11 is 0. The molecule has 0 radical (unpaired) electrons. The molecule has 5 nitrogen and oxygen atoms in total. The van der Waals surface area contributed by atoms with Crippen LogP contribution in [0.1, 0.15) is 12.8 Å². The first-order valence-electron chi connectivity index (χ1n) is 5.87. The zero-order valence-electron chi connectivity index (χ0n) is 10.2. The van der Waals surface area contributed by atoms with Gasteiger partial charge >= 0.3 is 0 Å². The lowest BCUT2D eigenvalue weighted by molar-refractivity contribution is 0.213. The zero-order chi connectivity index (χ0) is 13.2. The van der Waals surface area contributed by atoms with Gasteiger partial charge in [-0.3, -0.25) is 0 Å². The molecule has 0 unspecified atom stereocenters. The summed E-state index contributed by atoms with van der Waals surface area (Å²) in [5.74, 6) is 0.334. The molecule has 1 atom stereocenters. The first kappa shape index (κ1) is 13.3. The summed E-state index contributed by atoms with van der Waals surface area (Å²) in [6.07, 6.45) is 1.48. The highest BCUT2D eigenvalue weighted by atomic mass is 32.2. The van der Waals surface area contributed by atoms with Crippen molar-refractivity contribution in [2.24, 2.45) is 0 Å². The number of rotatable bonds is 4. The molecule has 18 heavy (non-hydrogen) atoms. The number of para-hydroxylation sites is 1. The minimum atomic E-state index is -3.59. The number of methoxy groups -OCH3 is 1. The highest BCUT2D eigenvalue weighted by Gasteiger charge is 2.36. The molecule has 0 saturated carbocycles. The van der Waals surface area contributed by atoms with Crippen LogP contribution < -0.4 is 4.74 Å². The van der Waals surface area contributed by atoms with Crippen LogP contribution in [0.2, 0.25) is 0 Å². The molecule has 1 aromatic rings. The lowest BCUT2D eigenvalue weighted by Gasteiger charge is -2.23. The minimum absolute atomic E-state index is 0.144. The largest absolute Gasteiger partial charge is 0.495 e. The second kappa shape index (κ2) is 5.26. The van der Waals surface area contributed by atoms with Gasteiger partial charge in [-0.2, -0.15) is 4.31 Å². The predicted octanol–water partition coefficient (Wildman–Crippen LogP) is 0.841. The molecular weight excluding hydrogens is 254 g/mol. The van der Waals surface area contributed by atoms with Gasteiger partial charge in [0.15, 0.2) is 0 Å². The Hall–Kier alpha value is -1.11. The van der Waals surface area contributed by atoms with E-state index in [1.165, 1.54) is 17.5 Å². The average molecular weight is 271 g/mol. The van der Waals surface area contributed by atoms with Crippen LogP contribution >= 0.6 is 0 Å². The first-order valence-corrected chi connectivity index (χ1v) is 7.31. The smallest absolute Gasteiger partial charge is 0.247 e. The highest BCUT2D eigenvalue weighted by Crippen LogP contribution is 2.30. The molecule has 0 amide bonds. The van der Waals surface area contributed by atoms with Crippen LogP contribution in [-0.4, -0.2) is 44.1 Å². The van der Waals surface area contributed by atoms with Crippen molar-refractivity contribution in [1.82, 2.24) is 4.31 Å². The number of hydrogen-bond acceptors (Lipinski definition) is 4. The lowest BCUT2D eigenvalue weighted by atomic mass is 10.2. The lowest BCUT2D eigenvalue weighted by Crippen LogP contribution is -2.37. The fourth-order valence-electron chi connectivity index (χ4n) is 2.27. The van der Waals surface area contributed by atoms with Crippen LogP contribution in [0.3, 0.4) is 0 Å². The van der Waals surface area contributed by atoms with Gasteiger partial charge < -0.3 is 9.84 Å². The third kappa shape index (κ3) is 2.23. The third-order valence-corrected chi connectivity index (χ3v) is 5.18. The Morgan fingerprint density at radius 1 is 1.44 bits per heavy atom. The second-order valence-corrected chi connectivity index (χ2v) is 6.10. The van der Waals surface area contributed by atoms with E-state index in [1.807, 2.05) is 0 Å². The Bertz CT molecular complexity index is 515. The molecule has 1 aliphatic rings. The van der Waals surface area contributed by atoms with Gasteiger partial charge in [0.05, 0.1) is 13.7 Å². The predicted molar refractivity (Wildman–Crippen MR) is 67.0 cm³/mol. The van der Waals surface area contributed by atoms with Crippen LogP contribution in [0.25, 0.3) is 0 Å². The van der Waals surface area contributed by atoms with E-state index in [2.05, 4.69) is 0 Å². The fourth-order valence-corrected chi connectivity index (χ4v) is 4.11. The fraction of sp³-hybridized carbons (Fsp3) is 0.500. The van der Waals surface area contributed by atoms with Gasteiger partial charge in [-0.05, 0) is 25.0 Å². The summed E-state index contributed by atoms with van der Waals surface area (Å²) in [4.78, 5) is 0.160. The van der Waals surface area contributed by atoms with Crippen LogP contribution in [0.15, 0.2) is 29.2 Å². The molecule has 1 aromatic carbocycles. The zero-order valence-corrected chi connectivity index (χ0v) is 11.1. The topological polar surface area (TPSA) is 66.8 Å². The Morgan fingerprint density at radius 2 is 2.17 bits per heavy atom. The van der Waals surface area contributed by atoms with Crippen LogP contribution in [0.5, 0.6) is 5.75 Å². The van der Waals surface area contributed by atoms with E-state index in [-0.39, 0.29) is 17.5 Å². The summed E-state index contributed by atoms with van der Waals surface area (Å²) in [5.41, 5.74) is 0. The van der Waals surface area contributed by atoms with Gasteiger partial charge in [0.2, 0.25) is 10.0 Å². The van der Waals surface area contributed by atoms with Crippen molar-refractivity contribution in [3.8, 4) is 5.75 Å². The Morgan fingerprint density at radius 3 is 2.83 bits per heavy atom. The van der Waals surface area contributed by atoms with Crippen molar-refractivity contribution in [1.29, 1.82) is 0 Å². The molecule has 1 heterocycles. The van der Waals surface area contributed by atoms with Gasteiger partial charge in [0.25, 0.3) is 0 Å². The number of aliphatic hydroxyl groups is 1. The summed E-state index contributed by atoms with van der Waals surface area (Å²) in [5, 5.41) is 9.24. The van der Waals surface area contributed by atoms with Crippen molar-refractivity contribution < 1.29 is 18.3 Å². The number of ether oxygens (including phenoxy) is 1. The number of benzene rings is 1. The van der Waals surface area contributed by atoms with Gasteiger partial charge in [0.1, 0.15) is 10.6 Å². The molecule has 6 heteroatoms. The number of hydrogen-bond donors (Lipinski definition) is 1. The van der Waals surface area contributed by atoms with E-state index in [0.29, 0.717) is 18.7 Å². The maximum Gasteiger partial charge on any atom is 0.247 e. The van der Waals surface area contributed by atoms with Crippen molar-refractivity contribution >= 4 is 10.0 Å². The van der Waals surface area contributed by atoms with Crippen LogP contribution in [-0.2, 0) is 10.0 Å². The summed E-state index contributed by atoms with van der Waals surface area (Å²) in [7, 11) is -2.15. The third-order valence-electron chi connectivity index (χ3n) is 3.19. The maximum atomic E-state index is 12.5. The highest BCUT2D eigenvalue weighted by molar-refractivity contribution is 7.89. The Balaban J connectivity index is 2.42. The van der Waals surface area contributed by atoms with Crippen molar-refractivity contribution in [2.45, 2.75) is 23.8 Å². The number of aliphatic hydroxyl groups excluding tert-OH is 1. The van der Waals surface area contributed by atoms with Gasteiger partial charge in [-0.25, -0.2) is 8.42 Å². The van der Waals surface area contributed by atoms with Crippen molar-refractivity contribution in [2.75, 3.05) is 20.3 Å². The second-order valence-electron chi connectivity index (χ2n) is 4.25. The SMILES string of the molecule is COc1ccccc1S(=O)(=O)N1CCC[C@H]1CO. The molecule has 0 bridgehead atoms. The van der Waals surface area contributed by atoms with Crippen molar-refractivity contribution in [3.05, 3.63) is 24.3 Å². The minimum Gasteiger partial charge on any atom is -0.495 e. The molecule has 1 N–H and O–H groups in total. The quantitative estimate of drug-likeness (QED) is 0.881. The standard InChI is InChI=1S/C12H17NO4S/c1-17-11-6-2-3-7-12(11)18(15,16)13-8-4-5-10(13)9-14/h2-3,6-7,10,14H,4-5,8-9H2,1H3/t10-/m0/s1. The summed E-state index contributed by atoms with van der Waals surface area (Å²) < 4.78 is 31.5. The first-order chi connectivity index (χ1) is 8.61. The monoisotopic (exact) mass is 271 g/mol. The normalized spacial score (nSPS) is 21.1. The molecular formula is C12H17NO4S. The molecule has 0 aliphatic carbocycles. The average Bonchev–Trinajstić information content (AvgIpc) is 2.87. The molecule has 2 rings (SSSR count). The van der Waals surface area contributed by atoms with E-state index in [1.54, 1.807) is 18.2 Å². The summed E-state index contributed by atoms with van der Waals surface area (Å²) in [6, 6.07) is 6.22. The van der Waals surface area contributed by atoms with E-state index >= 15 is 0 Å². The van der Waals surface area contributed by atoms with E-state index in [0.717, 1.165) is 6.42 Å². The van der Waals surface area contributed by atoms with E-state index in [9.17, 15) is 13.5 Å².